The molecule has 160 valence electrons. The number of benzene rings is 2. The van der Waals surface area contributed by atoms with Crippen molar-refractivity contribution in [1.82, 2.24) is 5.43 Å². The summed E-state index contributed by atoms with van der Waals surface area (Å²) >= 11 is 5.84. The zero-order valence-corrected chi connectivity index (χ0v) is 19.1. The van der Waals surface area contributed by atoms with E-state index in [-0.39, 0.29) is 18.1 Å². The lowest BCUT2D eigenvalue weighted by Gasteiger charge is -2.47. The summed E-state index contributed by atoms with van der Waals surface area (Å²) in [5.41, 5.74) is 7.45. The third kappa shape index (κ3) is 4.96. The number of hydrogen-bond donors (Lipinski definition) is 1. The molecule has 30 heavy (non-hydrogen) atoms. The Kier molecular flexibility index (Phi) is 6.71. The minimum absolute atomic E-state index is 0.111. The Hall–Kier alpha value is -2.53. The molecule has 1 aliphatic heterocycles. The molecule has 0 unspecified atom stereocenters. The number of nitrogens with zero attached hydrogens (tertiary/aromatic N) is 2. The summed E-state index contributed by atoms with van der Waals surface area (Å²) in [7, 11) is 0. The summed E-state index contributed by atoms with van der Waals surface area (Å²) in [5.74, 6) is 0.735. The molecule has 0 aromatic heterocycles. The van der Waals surface area contributed by atoms with Gasteiger partial charge in [0, 0.05) is 22.8 Å². The van der Waals surface area contributed by atoms with Crippen LogP contribution in [0.25, 0.3) is 0 Å². The number of hydrogen-bond acceptors (Lipinski definition) is 4. The maximum absolute atomic E-state index is 12.0. The predicted molar refractivity (Wildman–Crippen MR) is 124 cm³/mol. The van der Waals surface area contributed by atoms with Crippen molar-refractivity contribution < 1.29 is 9.53 Å². The fourth-order valence-corrected chi connectivity index (χ4v) is 4.40. The highest BCUT2D eigenvalue weighted by molar-refractivity contribution is 6.30. The summed E-state index contributed by atoms with van der Waals surface area (Å²) in [6, 6.07) is 11.3. The van der Waals surface area contributed by atoms with Gasteiger partial charge in [-0.1, -0.05) is 18.5 Å². The van der Waals surface area contributed by atoms with E-state index < -0.39 is 0 Å². The van der Waals surface area contributed by atoms with E-state index in [0.29, 0.717) is 16.7 Å². The van der Waals surface area contributed by atoms with Crippen LogP contribution >= 0.6 is 11.6 Å². The number of hydrazone groups is 1. The second kappa shape index (κ2) is 9.09. The van der Waals surface area contributed by atoms with E-state index in [4.69, 9.17) is 16.3 Å². The summed E-state index contributed by atoms with van der Waals surface area (Å²) in [4.78, 5) is 14.5. The van der Waals surface area contributed by atoms with Crippen molar-refractivity contribution in [2.24, 2.45) is 5.10 Å². The van der Waals surface area contributed by atoms with Crippen LogP contribution in [0, 0.1) is 6.92 Å². The molecule has 0 bridgehead atoms. The number of aryl methyl sites for hydroxylation is 1. The molecule has 1 heterocycles. The van der Waals surface area contributed by atoms with E-state index in [9.17, 15) is 4.79 Å². The monoisotopic (exact) mass is 427 g/mol. The second-order valence-corrected chi connectivity index (χ2v) is 8.90. The zero-order chi connectivity index (χ0) is 21.9. The minimum Gasteiger partial charge on any atom is -0.484 e. The largest absolute Gasteiger partial charge is 0.484 e. The lowest BCUT2D eigenvalue weighted by molar-refractivity contribution is -0.123. The third-order valence-corrected chi connectivity index (χ3v) is 5.92. The number of carbonyl (C=O) groups excluding carboxylic acids is 1. The smallest absolute Gasteiger partial charge is 0.277 e. The maximum Gasteiger partial charge on any atom is 0.277 e. The number of carbonyl (C=O) groups is 1. The van der Waals surface area contributed by atoms with Gasteiger partial charge >= 0.3 is 0 Å². The molecule has 1 aliphatic rings. The number of ether oxygens (including phenoxy) is 1. The van der Waals surface area contributed by atoms with Crippen molar-refractivity contribution in [3.63, 3.8) is 0 Å². The van der Waals surface area contributed by atoms with Gasteiger partial charge in [0.25, 0.3) is 5.91 Å². The predicted octanol–water partition coefficient (Wildman–Crippen LogP) is 5.29. The normalized spacial score (nSPS) is 17.7. The molecule has 2 aromatic carbocycles. The van der Waals surface area contributed by atoms with E-state index in [1.165, 1.54) is 11.3 Å². The minimum atomic E-state index is -0.316. The van der Waals surface area contributed by atoms with Gasteiger partial charge in [-0.15, -0.1) is 0 Å². The van der Waals surface area contributed by atoms with Gasteiger partial charge in [-0.2, -0.15) is 5.10 Å². The lowest BCUT2D eigenvalue weighted by atomic mass is 9.79. The van der Waals surface area contributed by atoms with Gasteiger partial charge in [0.2, 0.25) is 0 Å². The Morgan fingerprint density at radius 2 is 2.03 bits per heavy atom. The molecule has 0 spiro atoms. The van der Waals surface area contributed by atoms with Gasteiger partial charge in [-0.05, 0) is 93.1 Å². The second-order valence-electron chi connectivity index (χ2n) is 8.47. The SMILES string of the molecule is CCN1c2cc(C)c(/C=N\NC(=O)COc3ccc(Cl)cc3)cc2[C@H](C)CC1(C)C. The summed E-state index contributed by atoms with van der Waals surface area (Å²) in [6.45, 7) is 12.0. The van der Waals surface area contributed by atoms with E-state index in [2.05, 4.69) is 62.2 Å². The molecule has 0 fully saturated rings. The van der Waals surface area contributed by atoms with Crippen molar-refractivity contribution >= 4 is 29.4 Å². The standard InChI is InChI=1S/C24H30ClN3O2/c1-6-28-22-11-16(2)18(12-21(22)17(3)13-24(28,4)5)14-26-27-23(29)15-30-20-9-7-19(25)8-10-20/h7-12,14,17H,6,13,15H2,1-5H3,(H,27,29)/b26-14-/t17-/m1/s1. The highest BCUT2D eigenvalue weighted by Crippen LogP contribution is 2.43. The summed E-state index contributed by atoms with van der Waals surface area (Å²) in [5, 5.41) is 4.75. The molecule has 3 rings (SSSR count). The fourth-order valence-electron chi connectivity index (χ4n) is 4.27. The van der Waals surface area contributed by atoms with Crippen molar-refractivity contribution in [1.29, 1.82) is 0 Å². The van der Waals surface area contributed by atoms with Crippen LogP contribution in [0.4, 0.5) is 5.69 Å². The number of rotatable bonds is 6. The molecule has 1 amide bonds. The molecule has 2 aromatic rings. The first kappa shape index (κ1) is 22.2. The quantitative estimate of drug-likeness (QED) is 0.503. The Bertz CT molecular complexity index is 938. The average molecular weight is 428 g/mol. The number of fused-ring (bicyclic) bond motifs is 1. The Morgan fingerprint density at radius 1 is 1.33 bits per heavy atom. The van der Waals surface area contributed by atoms with Crippen molar-refractivity contribution in [3.8, 4) is 5.75 Å². The van der Waals surface area contributed by atoms with Crippen molar-refractivity contribution in [2.75, 3.05) is 18.1 Å². The summed E-state index contributed by atoms with van der Waals surface area (Å²) < 4.78 is 5.43. The molecular formula is C24H30ClN3O2. The first-order chi connectivity index (χ1) is 14.2. The van der Waals surface area contributed by atoms with Gasteiger partial charge in [0.1, 0.15) is 5.75 Å². The van der Waals surface area contributed by atoms with Crippen molar-refractivity contribution in [3.05, 3.63) is 58.1 Å². The number of amides is 1. The van der Waals surface area contributed by atoms with Crippen LogP contribution in [0.15, 0.2) is 41.5 Å². The van der Waals surface area contributed by atoms with Crippen LogP contribution in [0.1, 0.15) is 56.7 Å². The van der Waals surface area contributed by atoms with Crippen LogP contribution in [-0.4, -0.2) is 30.8 Å². The summed E-state index contributed by atoms with van der Waals surface area (Å²) in [6.07, 6.45) is 2.81. The van der Waals surface area contributed by atoms with E-state index in [1.54, 1.807) is 30.5 Å². The first-order valence-electron chi connectivity index (χ1n) is 10.3. The van der Waals surface area contributed by atoms with Gasteiger partial charge in [0.05, 0.1) is 6.21 Å². The van der Waals surface area contributed by atoms with Gasteiger partial charge in [-0.25, -0.2) is 5.43 Å². The maximum atomic E-state index is 12.0. The zero-order valence-electron chi connectivity index (χ0n) is 18.3. The van der Waals surface area contributed by atoms with Crippen LogP contribution < -0.4 is 15.1 Å². The number of nitrogens with one attached hydrogen (secondary N) is 1. The van der Waals surface area contributed by atoms with E-state index >= 15 is 0 Å². The number of halogens is 1. The Labute approximate surface area is 184 Å². The molecule has 0 radical (unpaired) electrons. The number of anilines is 1. The van der Waals surface area contributed by atoms with Crippen LogP contribution in [-0.2, 0) is 4.79 Å². The van der Waals surface area contributed by atoms with Crippen LogP contribution in [0.5, 0.6) is 5.75 Å². The highest BCUT2D eigenvalue weighted by Gasteiger charge is 2.35. The van der Waals surface area contributed by atoms with Crippen molar-refractivity contribution in [2.45, 2.75) is 52.5 Å². The Balaban J connectivity index is 1.66. The van der Waals surface area contributed by atoms with E-state index in [1.807, 2.05) is 0 Å². The molecular weight excluding hydrogens is 398 g/mol. The molecule has 1 N–H and O–H groups in total. The Morgan fingerprint density at radius 3 is 2.70 bits per heavy atom. The molecule has 5 nitrogen and oxygen atoms in total. The van der Waals surface area contributed by atoms with Crippen LogP contribution in [0.2, 0.25) is 5.02 Å². The third-order valence-electron chi connectivity index (χ3n) is 5.67. The van der Waals surface area contributed by atoms with E-state index in [0.717, 1.165) is 24.1 Å². The first-order valence-corrected chi connectivity index (χ1v) is 10.7. The van der Waals surface area contributed by atoms with Gasteiger partial charge in [-0.3, -0.25) is 4.79 Å². The molecule has 6 heteroatoms. The van der Waals surface area contributed by atoms with Gasteiger partial charge < -0.3 is 9.64 Å². The highest BCUT2D eigenvalue weighted by atomic mass is 35.5. The molecule has 1 atom stereocenters. The molecule has 0 aliphatic carbocycles. The van der Waals surface area contributed by atoms with Crippen LogP contribution in [0.3, 0.4) is 0 Å². The fraction of sp³-hybridized carbons (Fsp3) is 0.417. The van der Waals surface area contributed by atoms with Gasteiger partial charge in [0.15, 0.2) is 6.61 Å². The lowest BCUT2D eigenvalue weighted by Crippen LogP contribution is -2.48. The topological polar surface area (TPSA) is 53.9 Å². The average Bonchev–Trinajstić information content (AvgIpc) is 2.68. The molecule has 0 saturated heterocycles. The molecule has 0 saturated carbocycles.